The van der Waals surface area contributed by atoms with E-state index in [0.717, 1.165) is 26.1 Å². The summed E-state index contributed by atoms with van der Waals surface area (Å²) in [5, 5.41) is 3.71. The zero-order valence-corrected chi connectivity index (χ0v) is 13.4. The molecule has 0 aromatic heterocycles. The van der Waals surface area contributed by atoms with Crippen molar-refractivity contribution < 1.29 is 9.53 Å². The van der Waals surface area contributed by atoms with Gasteiger partial charge in [-0.05, 0) is 44.5 Å². The summed E-state index contributed by atoms with van der Waals surface area (Å²) in [5.74, 6) is 1.18. The Kier molecular flexibility index (Phi) is 5.88. The Bertz CT molecular complexity index is 481. The zero-order valence-electron chi connectivity index (χ0n) is 12.6. The van der Waals surface area contributed by atoms with Gasteiger partial charge in [0.25, 0.3) is 5.91 Å². The number of ether oxygens (including phenoxy) is 1. The van der Waals surface area contributed by atoms with Crippen LogP contribution in [0.15, 0.2) is 24.3 Å². The van der Waals surface area contributed by atoms with Crippen molar-refractivity contribution in [3.05, 3.63) is 29.3 Å². The molecule has 1 saturated heterocycles. The highest BCUT2D eigenvalue weighted by molar-refractivity contribution is 6.32. The smallest absolute Gasteiger partial charge is 0.263 e. The van der Waals surface area contributed by atoms with E-state index in [9.17, 15) is 4.79 Å². The van der Waals surface area contributed by atoms with Gasteiger partial charge in [0, 0.05) is 13.1 Å². The normalized spacial score (nSPS) is 19.6. The highest BCUT2D eigenvalue weighted by Crippen LogP contribution is 2.26. The summed E-state index contributed by atoms with van der Waals surface area (Å²) in [7, 11) is 1.94. The number of halogens is 1. The lowest BCUT2D eigenvalue weighted by atomic mass is 10.1. The van der Waals surface area contributed by atoms with Crippen molar-refractivity contribution >= 4 is 17.5 Å². The number of amides is 1. The average Bonchev–Trinajstić information content (AvgIpc) is 2.95. The zero-order chi connectivity index (χ0) is 15.2. The molecule has 0 unspecified atom stereocenters. The number of nitrogens with zero attached hydrogens (tertiary/aromatic N) is 1. The van der Waals surface area contributed by atoms with Gasteiger partial charge < -0.3 is 15.0 Å². The Morgan fingerprint density at radius 3 is 2.95 bits per heavy atom. The molecule has 21 heavy (non-hydrogen) atoms. The van der Waals surface area contributed by atoms with E-state index in [4.69, 9.17) is 16.3 Å². The molecule has 2 atom stereocenters. The minimum atomic E-state index is -0.460. The minimum Gasteiger partial charge on any atom is -0.479 e. The summed E-state index contributed by atoms with van der Waals surface area (Å²) >= 11 is 6.10. The molecule has 2 rings (SSSR count). The SMILES string of the molecule is CC[C@H](Oc1ccccc1Cl)C(=O)N1CC[C@H](CNC)C1. The minimum absolute atomic E-state index is 0.0658. The summed E-state index contributed by atoms with van der Waals surface area (Å²) in [6.45, 7) is 4.53. The molecule has 1 amide bonds. The topological polar surface area (TPSA) is 41.6 Å². The van der Waals surface area contributed by atoms with Crippen molar-refractivity contribution in [3.8, 4) is 5.75 Å². The van der Waals surface area contributed by atoms with Crippen molar-refractivity contribution in [2.75, 3.05) is 26.7 Å². The van der Waals surface area contributed by atoms with E-state index in [1.54, 1.807) is 12.1 Å². The van der Waals surface area contributed by atoms with Crippen LogP contribution >= 0.6 is 11.6 Å². The molecule has 0 spiro atoms. The van der Waals surface area contributed by atoms with E-state index in [1.165, 1.54) is 0 Å². The Morgan fingerprint density at radius 1 is 1.52 bits per heavy atom. The fourth-order valence-electron chi connectivity index (χ4n) is 2.69. The van der Waals surface area contributed by atoms with Crippen LogP contribution in [0.1, 0.15) is 19.8 Å². The van der Waals surface area contributed by atoms with Crippen molar-refractivity contribution in [1.82, 2.24) is 10.2 Å². The second-order valence-corrected chi connectivity index (χ2v) is 5.85. The number of hydrogen-bond acceptors (Lipinski definition) is 3. The van der Waals surface area contributed by atoms with Crippen molar-refractivity contribution in [3.63, 3.8) is 0 Å². The van der Waals surface area contributed by atoms with Crippen LogP contribution in [0.5, 0.6) is 5.75 Å². The molecule has 116 valence electrons. The van der Waals surface area contributed by atoms with E-state index in [-0.39, 0.29) is 5.91 Å². The number of para-hydroxylation sites is 1. The van der Waals surface area contributed by atoms with Crippen LogP contribution in [0.3, 0.4) is 0 Å². The molecule has 5 heteroatoms. The Hall–Kier alpha value is -1.26. The maximum absolute atomic E-state index is 12.6. The molecule has 1 heterocycles. The number of carbonyl (C=O) groups is 1. The van der Waals surface area contributed by atoms with Gasteiger partial charge in [-0.1, -0.05) is 30.7 Å². The molecule has 1 aliphatic heterocycles. The van der Waals surface area contributed by atoms with Gasteiger partial charge in [0.15, 0.2) is 6.10 Å². The summed E-state index contributed by atoms with van der Waals surface area (Å²) in [4.78, 5) is 14.5. The van der Waals surface area contributed by atoms with Crippen LogP contribution in [0.4, 0.5) is 0 Å². The predicted molar refractivity (Wildman–Crippen MR) is 84.8 cm³/mol. The van der Waals surface area contributed by atoms with Crippen LogP contribution in [0.25, 0.3) is 0 Å². The quantitative estimate of drug-likeness (QED) is 0.878. The van der Waals surface area contributed by atoms with E-state index < -0.39 is 6.10 Å². The maximum Gasteiger partial charge on any atom is 0.263 e. The molecule has 0 bridgehead atoms. The number of nitrogens with one attached hydrogen (secondary N) is 1. The molecular formula is C16H23ClN2O2. The Morgan fingerprint density at radius 2 is 2.29 bits per heavy atom. The Balaban J connectivity index is 1.98. The highest BCUT2D eigenvalue weighted by Gasteiger charge is 2.31. The molecular weight excluding hydrogens is 288 g/mol. The first-order valence-corrected chi connectivity index (χ1v) is 7.88. The fourth-order valence-corrected chi connectivity index (χ4v) is 2.87. The van der Waals surface area contributed by atoms with Gasteiger partial charge in [0.1, 0.15) is 5.75 Å². The molecule has 1 fully saturated rings. The van der Waals surface area contributed by atoms with E-state index in [0.29, 0.717) is 23.1 Å². The molecule has 4 nitrogen and oxygen atoms in total. The molecule has 0 saturated carbocycles. The number of carbonyl (C=O) groups excluding carboxylic acids is 1. The van der Waals surface area contributed by atoms with Gasteiger partial charge in [-0.2, -0.15) is 0 Å². The number of rotatable bonds is 6. The van der Waals surface area contributed by atoms with Gasteiger partial charge in [-0.15, -0.1) is 0 Å². The predicted octanol–water partition coefficient (Wildman–Crippen LogP) is 2.57. The van der Waals surface area contributed by atoms with E-state index in [1.807, 2.05) is 31.0 Å². The van der Waals surface area contributed by atoms with Crippen LogP contribution in [0.2, 0.25) is 5.02 Å². The molecule has 0 radical (unpaired) electrons. The second kappa shape index (κ2) is 7.66. The molecule has 1 N–H and O–H groups in total. The van der Waals surface area contributed by atoms with Gasteiger partial charge in [-0.25, -0.2) is 0 Å². The van der Waals surface area contributed by atoms with Crippen LogP contribution in [-0.4, -0.2) is 43.6 Å². The first kappa shape index (κ1) is 16.1. The molecule has 1 aromatic rings. The molecule has 1 aromatic carbocycles. The van der Waals surface area contributed by atoms with Crippen molar-refractivity contribution in [1.29, 1.82) is 0 Å². The molecule has 0 aliphatic carbocycles. The van der Waals surface area contributed by atoms with Crippen molar-refractivity contribution in [2.45, 2.75) is 25.9 Å². The van der Waals surface area contributed by atoms with Gasteiger partial charge >= 0.3 is 0 Å². The van der Waals surface area contributed by atoms with Crippen LogP contribution < -0.4 is 10.1 Å². The average molecular weight is 311 g/mol. The fraction of sp³-hybridized carbons (Fsp3) is 0.562. The van der Waals surface area contributed by atoms with Crippen LogP contribution in [-0.2, 0) is 4.79 Å². The monoisotopic (exact) mass is 310 g/mol. The van der Waals surface area contributed by atoms with Gasteiger partial charge in [0.05, 0.1) is 5.02 Å². The summed E-state index contributed by atoms with van der Waals surface area (Å²) < 4.78 is 5.83. The first-order chi connectivity index (χ1) is 10.2. The highest BCUT2D eigenvalue weighted by atomic mass is 35.5. The second-order valence-electron chi connectivity index (χ2n) is 5.44. The summed E-state index contributed by atoms with van der Waals surface area (Å²) in [6.07, 6.45) is 1.23. The Labute approximate surface area is 131 Å². The third-order valence-corrected chi connectivity index (χ3v) is 4.15. The van der Waals surface area contributed by atoms with Crippen molar-refractivity contribution in [2.24, 2.45) is 5.92 Å². The van der Waals surface area contributed by atoms with Gasteiger partial charge in [-0.3, -0.25) is 4.79 Å². The van der Waals surface area contributed by atoms with E-state index in [2.05, 4.69) is 5.32 Å². The lowest BCUT2D eigenvalue weighted by Crippen LogP contribution is -2.41. The first-order valence-electron chi connectivity index (χ1n) is 7.50. The van der Waals surface area contributed by atoms with Crippen LogP contribution in [0, 0.1) is 5.92 Å². The summed E-state index contributed by atoms with van der Waals surface area (Å²) in [5.41, 5.74) is 0. The molecule has 1 aliphatic rings. The van der Waals surface area contributed by atoms with Gasteiger partial charge in [0.2, 0.25) is 0 Å². The third kappa shape index (κ3) is 4.11. The number of benzene rings is 1. The standard InChI is InChI=1S/C16H23ClN2O2/c1-3-14(21-15-7-5-4-6-13(15)17)16(20)19-9-8-12(11-19)10-18-2/h4-7,12,14,18H,3,8-11H2,1-2H3/t12-,14+/m1/s1. The maximum atomic E-state index is 12.6. The largest absolute Gasteiger partial charge is 0.479 e. The lowest BCUT2D eigenvalue weighted by molar-refractivity contribution is -0.137. The lowest BCUT2D eigenvalue weighted by Gasteiger charge is -2.24. The number of likely N-dealkylation sites (tertiary alicyclic amines) is 1. The summed E-state index contributed by atoms with van der Waals surface area (Å²) in [6, 6.07) is 7.27. The third-order valence-electron chi connectivity index (χ3n) is 3.84. The number of hydrogen-bond donors (Lipinski definition) is 1. The van der Waals surface area contributed by atoms with E-state index >= 15 is 0 Å².